The van der Waals surface area contributed by atoms with Gasteiger partial charge in [0.15, 0.2) is 0 Å². The van der Waals surface area contributed by atoms with E-state index >= 15 is 0 Å². The Morgan fingerprint density at radius 3 is 2.58 bits per heavy atom. The van der Waals surface area contributed by atoms with Crippen LogP contribution in [0.25, 0.3) is 0 Å². The van der Waals surface area contributed by atoms with Crippen LogP contribution in [0.1, 0.15) is 43.2 Å². The summed E-state index contributed by atoms with van der Waals surface area (Å²) in [7, 11) is 0. The Kier molecular flexibility index (Phi) is 5.26. The maximum Gasteiger partial charge on any atom is 0.238 e. The first-order valence-electron chi connectivity index (χ1n) is 7.12. The maximum absolute atomic E-state index is 12.1. The van der Waals surface area contributed by atoms with Crippen LogP contribution in [0.15, 0.2) is 24.3 Å². The third kappa shape index (κ3) is 3.73. The van der Waals surface area contributed by atoms with Crippen molar-refractivity contribution in [1.29, 1.82) is 0 Å². The maximum atomic E-state index is 12.1. The van der Waals surface area contributed by atoms with E-state index in [9.17, 15) is 4.79 Å². The lowest BCUT2D eigenvalue weighted by Gasteiger charge is -2.34. The summed E-state index contributed by atoms with van der Waals surface area (Å²) in [5, 5.41) is 0. The van der Waals surface area contributed by atoms with Crippen molar-refractivity contribution in [2.24, 2.45) is 0 Å². The van der Waals surface area contributed by atoms with Crippen LogP contribution < -0.4 is 0 Å². The summed E-state index contributed by atoms with van der Waals surface area (Å²) in [5.74, 6) is 0.152. The summed E-state index contributed by atoms with van der Waals surface area (Å²) in [6.45, 7) is 2.79. The second-order valence-corrected chi connectivity index (χ2v) is 5.64. The second kappa shape index (κ2) is 6.95. The van der Waals surface area contributed by atoms with Gasteiger partial charge < -0.3 is 4.90 Å². The summed E-state index contributed by atoms with van der Waals surface area (Å²) in [6.07, 6.45) is 5.99. The summed E-state index contributed by atoms with van der Waals surface area (Å²) in [5.41, 5.74) is 2.47. The van der Waals surface area contributed by atoms with Crippen molar-refractivity contribution >= 4 is 17.5 Å². The molecule has 0 atom stereocenters. The third-order valence-electron chi connectivity index (χ3n) is 4.05. The first-order valence-corrected chi connectivity index (χ1v) is 7.65. The molecular formula is C16H22ClNO. The van der Waals surface area contributed by atoms with E-state index in [-0.39, 0.29) is 11.8 Å². The number of rotatable bonds is 4. The quantitative estimate of drug-likeness (QED) is 0.766. The minimum absolute atomic E-state index is 0.0665. The molecule has 1 aliphatic rings. The Morgan fingerprint density at radius 2 is 1.95 bits per heavy atom. The van der Waals surface area contributed by atoms with Gasteiger partial charge in [0, 0.05) is 12.6 Å². The molecule has 1 saturated carbocycles. The molecule has 1 aromatic rings. The molecule has 1 aromatic carbocycles. The highest BCUT2D eigenvalue weighted by atomic mass is 35.5. The van der Waals surface area contributed by atoms with Gasteiger partial charge in [0.05, 0.1) is 0 Å². The van der Waals surface area contributed by atoms with Crippen LogP contribution in [0, 0.1) is 6.92 Å². The molecule has 2 nitrogen and oxygen atoms in total. The lowest BCUT2D eigenvalue weighted by atomic mass is 9.93. The summed E-state index contributed by atoms with van der Waals surface area (Å²) in [4.78, 5) is 14.1. The molecule has 0 bridgehead atoms. The largest absolute Gasteiger partial charge is 0.334 e. The Balaban J connectivity index is 2.13. The molecule has 0 spiro atoms. The van der Waals surface area contributed by atoms with Crippen LogP contribution in [0.2, 0.25) is 0 Å². The highest BCUT2D eigenvalue weighted by Crippen LogP contribution is 2.25. The fourth-order valence-electron chi connectivity index (χ4n) is 2.86. The Labute approximate surface area is 120 Å². The van der Waals surface area contributed by atoms with Gasteiger partial charge in [-0.05, 0) is 30.9 Å². The van der Waals surface area contributed by atoms with Gasteiger partial charge in [0.1, 0.15) is 5.88 Å². The minimum atomic E-state index is 0.0665. The first-order chi connectivity index (χ1) is 9.22. The van der Waals surface area contributed by atoms with E-state index in [0.717, 1.165) is 12.8 Å². The van der Waals surface area contributed by atoms with Gasteiger partial charge in [-0.25, -0.2) is 0 Å². The second-order valence-electron chi connectivity index (χ2n) is 5.37. The fourth-order valence-corrected chi connectivity index (χ4v) is 3.01. The average molecular weight is 280 g/mol. The molecule has 0 aromatic heterocycles. The van der Waals surface area contributed by atoms with Gasteiger partial charge >= 0.3 is 0 Å². The number of nitrogens with zero attached hydrogens (tertiary/aromatic N) is 1. The first kappa shape index (κ1) is 14.4. The summed E-state index contributed by atoms with van der Waals surface area (Å²) < 4.78 is 0. The van der Waals surface area contributed by atoms with E-state index in [2.05, 4.69) is 19.1 Å². The van der Waals surface area contributed by atoms with Crippen molar-refractivity contribution in [1.82, 2.24) is 4.90 Å². The van der Waals surface area contributed by atoms with Gasteiger partial charge in [-0.1, -0.05) is 43.5 Å². The number of benzene rings is 1. The van der Waals surface area contributed by atoms with Gasteiger partial charge in [0.2, 0.25) is 5.91 Å². The molecule has 1 fully saturated rings. The fraction of sp³-hybridized carbons (Fsp3) is 0.562. The number of alkyl halides is 1. The third-order valence-corrected chi connectivity index (χ3v) is 4.28. The van der Waals surface area contributed by atoms with Gasteiger partial charge in [-0.15, -0.1) is 11.6 Å². The van der Waals surface area contributed by atoms with Crippen molar-refractivity contribution < 1.29 is 4.79 Å². The molecule has 2 rings (SSSR count). The highest BCUT2D eigenvalue weighted by molar-refractivity contribution is 6.27. The number of hydrogen-bond donors (Lipinski definition) is 0. The van der Waals surface area contributed by atoms with Crippen LogP contribution in [0.4, 0.5) is 0 Å². The van der Waals surface area contributed by atoms with E-state index in [1.165, 1.54) is 30.4 Å². The van der Waals surface area contributed by atoms with Crippen molar-refractivity contribution in [3.05, 3.63) is 35.4 Å². The SMILES string of the molecule is Cc1ccccc1CN(C(=O)CCl)C1CCCCC1. The molecule has 3 heteroatoms. The zero-order valence-corrected chi connectivity index (χ0v) is 12.3. The van der Waals surface area contributed by atoms with Crippen LogP contribution in [-0.4, -0.2) is 22.7 Å². The van der Waals surface area contributed by atoms with Gasteiger partial charge in [-0.2, -0.15) is 0 Å². The molecular weight excluding hydrogens is 258 g/mol. The number of aryl methyl sites for hydroxylation is 1. The highest BCUT2D eigenvalue weighted by Gasteiger charge is 2.25. The van der Waals surface area contributed by atoms with Crippen LogP contribution in [0.5, 0.6) is 0 Å². The molecule has 104 valence electrons. The average Bonchev–Trinajstić information content (AvgIpc) is 2.46. The molecule has 1 aliphatic carbocycles. The topological polar surface area (TPSA) is 20.3 Å². The molecule has 1 amide bonds. The Morgan fingerprint density at radius 1 is 1.26 bits per heavy atom. The standard InChI is InChI=1S/C16H22ClNO/c1-13-7-5-6-8-14(13)12-18(16(19)11-17)15-9-3-2-4-10-15/h5-8,15H,2-4,9-12H2,1H3. The molecule has 0 saturated heterocycles. The van der Waals surface area contributed by atoms with E-state index < -0.39 is 0 Å². The number of amides is 1. The van der Waals surface area contributed by atoms with E-state index in [1.54, 1.807) is 0 Å². The predicted molar refractivity (Wildman–Crippen MR) is 79.3 cm³/mol. The van der Waals surface area contributed by atoms with Crippen molar-refractivity contribution in [2.75, 3.05) is 5.88 Å². The van der Waals surface area contributed by atoms with E-state index in [1.807, 2.05) is 17.0 Å². The van der Waals surface area contributed by atoms with E-state index in [4.69, 9.17) is 11.6 Å². The molecule has 0 unspecified atom stereocenters. The molecule has 0 aliphatic heterocycles. The normalized spacial score (nSPS) is 16.3. The number of halogens is 1. The lowest BCUT2D eigenvalue weighted by Crippen LogP contribution is -2.41. The smallest absolute Gasteiger partial charge is 0.238 e. The van der Waals surface area contributed by atoms with Crippen LogP contribution in [-0.2, 0) is 11.3 Å². The van der Waals surface area contributed by atoms with E-state index in [0.29, 0.717) is 12.6 Å². The van der Waals surface area contributed by atoms with Crippen molar-refractivity contribution in [3.63, 3.8) is 0 Å². The summed E-state index contributed by atoms with van der Waals surface area (Å²) in [6, 6.07) is 8.64. The number of hydrogen-bond acceptors (Lipinski definition) is 1. The van der Waals surface area contributed by atoms with Gasteiger partial charge in [0.25, 0.3) is 0 Å². The predicted octanol–water partition coefficient (Wildman–Crippen LogP) is 3.90. The number of carbonyl (C=O) groups excluding carboxylic acids is 1. The summed E-state index contributed by atoms with van der Waals surface area (Å²) >= 11 is 5.78. The zero-order valence-electron chi connectivity index (χ0n) is 11.6. The molecule has 0 heterocycles. The molecule has 0 N–H and O–H groups in total. The monoisotopic (exact) mass is 279 g/mol. The van der Waals surface area contributed by atoms with Crippen molar-refractivity contribution in [2.45, 2.75) is 51.6 Å². The van der Waals surface area contributed by atoms with Gasteiger partial charge in [-0.3, -0.25) is 4.79 Å². The van der Waals surface area contributed by atoms with Crippen LogP contribution >= 0.6 is 11.6 Å². The molecule has 19 heavy (non-hydrogen) atoms. The Bertz CT molecular complexity index is 427. The van der Waals surface area contributed by atoms with Crippen molar-refractivity contribution in [3.8, 4) is 0 Å². The minimum Gasteiger partial charge on any atom is -0.334 e. The lowest BCUT2D eigenvalue weighted by molar-refractivity contribution is -0.132. The molecule has 0 radical (unpaired) electrons. The number of carbonyl (C=O) groups is 1. The zero-order chi connectivity index (χ0) is 13.7. The Hall–Kier alpha value is -1.02. The van der Waals surface area contributed by atoms with Crippen LogP contribution in [0.3, 0.4) is 0 Å².